The van der Waals surface area contributed by atoms with Gasteiger partial charge >= 0.3 is 0 Å². The van der Waals surface area contributed by atoms with Crippen molar-refractivity contribution in [3.05, 3.63) is 35.4 Å². The Kier molecular flexibility index (Phi) is 5.36. The number of carbonyl (C=O) groups excluding carboxylic acids is 1. The molecule has 0 aliphatic carbocycles. The van der Waals surface area contributed by atoms with E-state index in [1.807, 2.05) is 0 Å². The van der Waals surface area contributed by atoms with Crippen molar-refractivity contribution >= 4 is 5.91 Å². The summed E-state index contributed by atoms with van der Waals surface area (Å²) in [6.07, 6.45) is 4.55. The highest BCUT2D eigenvalue weighted by atomic mass is 16.5. The molecule has 0 atom stereocenters. The van der Waals surface area contributed by atoms with E-state index in [0.29, 0.717) is 6.42 Å². The quantitative estimate of drug-likeness (QED) is 0.469. The standard InChI is InChI=1S/C15H22N2O2/c18-15(16-19)8-2-1-5-10-17-11-9-13-6-3-4-7-14(13)12-17/h3-4,6-7,19H,1-2,5,8-12H2,(H,16,18). The Hall–Kier alpha value is -1.39. The van der Waals surface area contributed by atoms with Crippen LogP contribution in [0.3, 0.4) is 0 Å². The highest BCUT2D eigenvalue weighted by molar-refractivity contribution is 5.74. The third-order valence-corrected chi connectivity index (χ3v) is 3.71. The first-order valence-corrected chi connectivity index (χ1v) is 7.01. The molecular formula is C15H22N2O2. The molecule has 1 amide bonds. The maximum Gasteiger partial charge on any atom is 0.243 e. The van der Waals surface area contributed by atoms with Gasteiger partial charge in [0.15, 0.2) is 0 Å². The minimum Gasteiger partial charge on any atom is -0.299 e. The number of carbonyl (C=O) groups is 1. The molecule has 2 N–H and O–H groups in total. The van der Waals surface area contributed by atoms with Crippen LogP contribution in [0, 0.1) is 0 Å². The topological polar surface area (TPSA) is 52.6 Å². The molecule has 0 radical (unpaired) electrons. The Morgan fingerprint density at radius 2 is 2.00 bits per heavy atom. The van der Waals surface area contributed by atoms with Crippen molar-refractivity contribution < 1.29 is 10.0 Å². The lowest BCUT2D eigenvalue weighted by Gasteiger charge is -2.28. The van der Waals surface area contributed by atoms with Crippen LogP contribution in [0.15, 0.2) is 24.3 Å². The van der Waals surface area contributed by atoms with Crippen molar-refractivity contribution in [1.29, 1.82) is 0 Å². The molecule has 0 fully saturated rings. The minimum absolute atomic E-state index is 0.285. The van der Waals surface area contributed by atoms with E-state index in [4.69, 9.17) is 5.21 Å². The number of hydrogen-bond donors (Lipinski definition) is 2. The molecule has 0 saturated heterocycles. The summed E-state index contributed by atoms with van der Waals surface area (Å²) in [6, 6.07) is 8.66. The van der Waals surface area contributed by atoms with Crippen LogP contribution in [-0.2, 0) is 17.8 Å². The fourth-order valence-corrected chi connectivity index (χ4v) is 2.60. The fraction of sp³-hybridized carbons (Fsp3) is 0.533. The summed E-state index contributed by atoms with van der Waals surface area (Å²) in [6.45, 7) is 3.27. The number of nitrogens with zero attached hydrogens (tertiary/aromatic N) is 1. The molecule has 0 spiro atoms. The van der Waals surface area contributed by atoms with Gasteiger partial charge in [-0.2, -0.15) is 0 Å². The van der Waals surface area contributed by atoms with Gasteiger partial charge in [-0.1, -0.05) is 30.7 Å². The van der Waals surface area contributed by atoms with Gasteiger partial charge in [0.2, 0.25) is 5.91 Å². The van der Waals surface area contributed by atoms with Crippen LogP contribution in [0.2, 0.25) is 0 Å². The van der Waals surface area contributed by atoms with Crippen molar-refractivity contribution in [2.45, 2.75) is 38.6 Å². The van der Waals surface area contributed by atoms with Crippen LogP contribution in [0.4, 0.5) is 0 Å². The third kappa shape index (κ3) is 4.33. The molecule has 0 aromatic heterocycles. The number of amides is 1. The molecule has 0 unspecified atom stereocenters. The van der Waals surface area contributed by atoms with E-state index >= 15 is 0 Å². The van der Waals surface area contributed by atoms with E-state index in [9.17, 15) is 4.79 Å². The molecular weight excluding hydrogens is 240 g/mol. The van der Waals surface area contributed by atoms with E-state index in [1.165, 1.54) is 11.1 Å². The summed E-state index contributed by atoms with van der Waals surface area (Å²) in [5.74, 6) is -0.285. The molecule has 104 valence electrons. The SMILES string of the molecule is O=C(CCCCCN1CCc2ccccc2C1)NO. The van der Waals surface area contributed by atoms with Gasteiger partial charge in [0.05, 0.1) is 0 Å². The molecule has 1 aromatic rings. The molecule has 19 heavy (non-hydrogen) atoms. The number of benzene rings is 1. The number of hydroxylamine groups is 1. The number of fused-ring (bicyclic) bond motifs is 1. The number of nitrogens with one attached hydrogen (secondary N) is 1. The Balaban J connectivity index is 1.64. The van der Waals surface area contributed by atoms with Crippen molar-refractivity contribution in [3.8, 4) is 0 Å². The molecule has 0 saturated carbocycles. The van der Waals surface area contributed by atoms with Crippen LogP contribution in [0.25, 0.3) is 0 Å². The smallest absolute Gasteiger partial charge is 0.243 e. The summed E-state index contributed by atoms with van der Waals surface area (Å²) < 4.78 is 0. The predicted octanol–water partition coefficient (Wildman–Crippen LogP) is 2.11. The lowest BCUT2D eigenvalue weighted by Crippen LogP contribution is -2.31. The second kappa shape index (κ2) is 7.26. The number of rotatable bonds is 6. The maximum absolute atomic E-state index is 10.8. The molecule has 1 aliphatic rings. The molecule has 4 nitrogen and oxygen atoms in total. The summed E-state index contributed by atoms with van der Waals surface area (Å²) >= 11 is 0. The van der Waals surface area contributed by atoms with Crippen LogP contribution < -0.4 is 5.48 Å². The van der Waals surface area contributed by atoms with E-state index in [-0.39, 0.29) is 5.91 Å². The average Bonchev–Trinajstić information content (AvgIpc) is 2.46. The second-order valence-corrected chi connectivity index (χ2v) is 5.14. The summed E-state index contributed by atoms with van der Waals surface area (Å²) in [5, 5.41) is 8.38. The molecule has 0 bridgehead atoms. The molecule has 1 aliphatic heterocycles. The Morgan fingerprint density at radius 1 is 1.21 bits per heavy atom. The second-order valence-electron chi connectivity index (χ2n) is 5.14. The van der Waals surface area contributed by atoms with Gasteiger partial charge in [0.1, 0.15) is 0 Å². The zero-order chi connectivity index (χ0) is 13.5. The summed E-state index contributed by atoms with van der Waals surface area (Å²) in [4.78, 5) is 13.3. The molecule has 1 heterocycles. The third-order valence-electron chi connectivity index (χ3n) is 3.71. The van der Waals surface area contributed by atoms with Crippen molar-refractivity contribution in [2.75, 3.05) is 13.1 Å². The van der Waals surface area contributed by atoms with Crippen LogP contribution in [0.5, 0.6) is 0 Å². The van der Waals surface area contributed by atoms with Gasteiger partial charge in [-0.3, -0.25) is 14.9 Å². The van der Waals surface area contributed by atoms with E-state index in [0.717, 1.165) is 45.3 Å². The van der Waals surface area contributed by atoms with Crippen LogP contribution in [0.1, 0.15) is 36.8 Å². The zero-order valence-corrected chi connectivity index (χ0v) is 11.3. The lowest BCUT2D eigenvalue weighted by atomic mass is 10.00. The van der Waals surface area contributed by atoms with E-state index < -0.39 is 0 Å². The van der Waals surface area contributed by atoms with E-state index in [1.54, 1.807) is 5.48 Å². The first kappa shape index (κ1) is 14.0. The normalized spacial score (nSPS) is 15.0. The maximum atomic E-state index is 10.8. The minimum atomic E-state index is -0.285. The largest absolute Gasteiger partial charge is 0.299 e. The van der Waals surface area contributed by atoms with Gasteiger partial charge in [-0.25, -0.2) is 5.48 Å². The van der Waals surface area contributed by atoms with Gasteiger partial charge < -0.3 is 0 Å². The van der Waals surface area contributed by atoms with Gasteiger partial charge in [0, 0.05) is 19.5 Å². The highest BCUT2D eigenvalue weighted by Gasteiger charge is 2.14. The van der Waals surface area contributed by atoms with Crippen molar-refractivity contribution in [3.63, 3.8) is 0 Å². The zero-order valence-electron chi connectivity index (χ0n) is 11.3. The van der Waals surface area contributed by atoms with Gasteiger partial charge in [-0.05, 0) is 36.9 Å². The van der Waals surface area contributed by atoms with E-state index in [2.05, 4.69) is 29.2 Å². The molecule has 1 aromatic carbocycles. The van der Waals surface area contributed by atoms with Crippen molar-refractivity contribution in [2.24, 2.45) is 0 Å². The number of hydrogen-bond acceptors (Lipinski definition) is 3. The Labute approximate surface area is 114 Å². The monoisotopic (exact) mass is 262 g/mol. The average molecular weight is 262 g/mol. The number of unbranched alkanes of at least 4 members (excludes halogenated alkanes) is 2. The van der Waals surface area contributed by atoms with Gasteiger partial charge in [0.25, 0.3) is 0 Å². The summed E-state index contributed by atoms with van der Waals surface area (Å²) in [7, 11) is 0. The van der Waals surface area contributed by atoms with Crippen LogP contribution >= 0.6 is 0 Å². The Bertz CT molecular complexity index is 420. The van der Waals surface area contributed by atoms with Crippen LogP contribution in [-0.4, -0.2) is 29.1 Å². The highest BCUT2D eigenvalue weighted by Crippen LogP contribution is 2.18. The fourth-order valence-electron chi connectivity index (χ4n) is 2.60. The molecule has 2 rings (SSSR count). The summed E-state index contributed by atoms with van der Waals surface area (Å²) in [5.41, 5.74) is 4.60. The predicted molar refractivity (Wildman–Crippen MR) is 73.8 cm³/mol. The first-order chi connectivity index (χ1) is 9.29. The Morgan fingerprint density at radius 3 is 2.79 bits per heavy atom. The lowest BCUT2D eigenvalue weighted by molar-refractivity contribution is -0.129. The van der Waals surface area contributed by atoms with Crippen molar-refractivity contribution in [1.82, 2.24) is 10.4 Å². The first-order valence-electron chi connectivity index (χ1n) is 7.01. The molecule has 4 heteroatoms. The van der Waals surface area contributed by atoms with Gasteiger partial charge in [-0.15, -0.1) is 0 Å².